The summed E-state index contributed by atoms with van der Waals surface area (Å²) in [5.74, 6) is 0. The number of benzene rings is 1. The van der Waals surface area contributed by atoms with E-state index in [-0.39, 0.29) is 5.56 Å². The van der Waals surface area contributed by atoms with Gasteiger partial charge in [0.2, 0.25) is 0 Å². The molecule has 0 aliphatic heterocycles. The molecule has 17 heavy (non-hydrogen) atoms. The van der Waals surface area contributed by atoms with Crippen LogP contribution in [0.4, 0.5) is 0 Å². The summed E-state index contributed by atoms with van der Waals surface area (Å²) in [5.41, 5.74) is 0.947. The van der Waals surface area contributed by atoms with Gasteiger partial charge in [-0.1, -0.05) is 29.3 Å². The molecule has 2 aromatic rings. The maximum atomic E-state index is 11.8. The van der Waals surface area contributed by atoms with E-state index in [2.05, 4.69) is 0 Å². The van der Waals surface area contributed by atoms with Gasteiger partial charge in [0.1, 0.15) is 0 Å². The lowest BCUT2D eigenvalue weighted by Gasteiger charge is -2.07. The van der Waals surface area contributed by atoms with Crippen molar-refractivity contribution < 1.29 is 0 Å². The molecule has 0 amide bonds. The van der Waals surface area contributed by atoms with Gasteiger partial charge in [-0.15, -0.1) is 0 Å². The molecule has 0 saturated heterocycles. The molecule has 0 N–H and O–H groups in total. The second-order valence-electron chi connectivity index (χ2n) is 3.54. The largest absolute Gasteiger partial charge is 0.310 e. The zero-order valence-electron chi connectivity index (χ0n) is 8.66. The van der Waals surface area contributed by atoms with E-state index in [1.807, 2.05) is 34.7 Å². The lowest BCUT2D eigenvalue weighted by atomic mass is 10.2. The Morgan fingerprint density at radius 1 is 1.18 bits per heavy atom. The summed E-state index contributed by atoms with van der Waals surface area (Å²) in [6.45, 7) is 0.493. The number of hydrogen-bond donors (Lipinski definition) is 0. The number of halogens is 3. The first-order valence-electron chi connectivity index (χ1n) is 4.87. The Hall–Kier alpha value is -0.520. The summed E-state index contributed by atoms with van der Waals surface area (Å²) in [5, 5.41) is 1.02. The topological polar surface area (TPSA) is 22.0 Å². The van der Waals surface area contributed by atoms with Crippen molar-refractivity contribution in [3.8, 4) is 0 Å². The van der Waals surface area contributed by atoms with E-state index in [0.29, 0.717) is 20.2 Å². The van der Waals surface area contributed by atoms with Gasteiger partial charge in [-0.3, -0.25) is 4.79 Å². The quantitative estimate of drug-likeness (QED) is 0.727. The van der Waals surface area contributed by atoms with Crippen LogP contribution in [0, 0.1) is 3.57 Å². The van der Waals surface area contributed by atoms with E-state index in [9.17, 15) is 4.79 Å². The minimum Gasteiger partial charge on any atom is -0.310 e. The monoisotopic (exact) mass is 379 g/mol. The molecule has 0 aliphatic rings. The van der Waals surface area contributed by atoms with Crippen LogP contribution in [0.15, 0.2) is 41.3 Å². The maximum absolute atomic E-state index is 11.8. The molecular weight excluding hydrogens is 372 g/mol. The lowest BCUT2D eigenvalue weighted by molar-refractivity contribution is 0.754. The zero-order chi connectivity index (χ0) is 12.4. The van der Waals surface area contributed by atoms with Crippen molar-refractivity contribution in [2.75, 3.05) is 0 Å². The van der Waals surface area contributed by atoms with Gasteiger partial charge in [-0.05, 0) is 52.4 Å². The molecule has 2 rings (SSSR count). The number of aromatic nitrogens is 1. The SMILES string of the molecule is O=c1c(I)cccn1Cc1ccc(Cl)c(Cl)c1. The van der Waals surface area contributed by atoms with Gasteiger partial charge < -0.3 is 4.57 Å². The molecule has 88 valence electrons. The number of pyridine rings is 1. The molecule has 0 fully saturated rings. The van der Waals surface area contributed by atoms with Crippen molar-refractivity contribution in [2.45, 2.75) is 6.54 Å². The first kappa shape index (κ1) is 12.9. The lowest BCUT2D eigenvalue weighted by Crippen LogP contribution is -2.21. The average Bonchev–Trinajstić information content (AvgIpc) is 2.30. The molecule has 2 nitrogen and oxygen atoms in total. The first-order chi connectivity index (χ1) is 8.08. The molecule has 1 heterocycles. The van der Waals surface area contributed by atoms with Crippen molar-refractivity contribution in [1.29, 1.82) is 0 Å². The van der Waals surface area contributed by atoms with Gasteiger partial charge in [-0.25, -0.2) is 0 Å². The highest BCUT2D eigenvalue weighted by Crippen LogP contribution is 2.22. The Kier molecular flexibility index (Phi) is 4.12. The molecule has 0 aliphatic carbocycles. The predicted octanol–water partition coefficient (Wildman–Crippen LogP) is 3.81. The van der Waals surface area contributed by atoms with E-state index < -0.39 is 0 Å². The van der Waals surface area contributed by atoms with Crippen molar-refractivity contribution in [3.05, 3.63) is 66.1 Å². The standard InChI is InChI=1S/C12H8Cl2INO/c13-9-4-3-8(6-10(9)14)7-16-5-1-2-11(15)12(16)17/h1-6H,7H2. The van der Waals surface area contributed by atoms with Gasteiger partial charge in [0, 0.05) is 6.20 Å². The normalized spacial score (nSPS) is 10.5. The summed E-state index contributed by atoms with van der Waals surface area (Å²) in [4.78, 5) is 11.8. The third-order valence-corrected chi connectivity index (χ3v) is 3.87. The summed E-state index contributed by atoms with van der Waals surface area (Å²) in [6.07, 6.45) is 1.76. The van der Waals surface area contributed by atoms with Crippen molar-refractivity contribution >= 4 is 45.8 Å². The van der Waals surface area contributed by atoms with Crippen LogP contribution < -0.4 is 5.56 Å². The highest BCUT2D eigenvalue weighted by Gasteiger charge is 2.03. The minimum atomic E-state index is -0.000766. The summed E-state index contributed by atoms with van der Waals surface area (Å²) < 4.78 is 2.34. The van der Waals surface area contributed by atoms with Gasteiger partial charge >= 0.3 is 0 Å². The van der Waals surface area contributed by atoms with Crippen LogP contribution in [0.1, 0.15) is 5.56 Å². The summed E-state index contributed by atoms with van der Waals surface area (Å²) in [7, 11) is 0. The van der Waals surface area contributed by atoms with Crippen LogP contribution in [-0.4, -0.2) is 4.57 Å². The Morgan fingerprint density at radius 3 is 2.65 bits per heavy atom. The van der Waals surface area contributed by atoms with Gasteiger partial charge in [-0.2, -0.15) is 0 Å². The predicted molar refractivity (Wildman–Crippen MR) is 79.0 cm³/mol. The van der Waals surface area contributed by atoms with Crippen molar-refractivity contribution in [1.82, 2.24) is 4.57 Å². The van der Waals surface area contributed by atoms with E-state index >= 15 is 0 Å². The Labute approximate surface area is 122 Å². The van der Waals surface area contributed by atoms with Crippen LogP contribution in [0.3, 0.4) is 0 Å². The fourth-order valence-electron chi connectivity index (χ4n) is 1.47. The van der Waals surface area contributed by atoms with Crippen molar-refractivity contribution in [3.63, 3.8) is 0 Å². The molecule has 0 atom stereocenters. The van der Waals surface area contributed by atoms with Gasteiger partial charge in [0.15, 0.2) is 0 Å². The molecule has 0 bridgehead atoms. The van der Waals surface area contributed by atoms with E-state index in [1.54, 1.807) is 29.0 Å². The van der Waals surface area contributed by atoms with Crippen LogP contribution in [0.2, 0.25) is 10.0 Å². The van der Waals surface area contributed by atoms with E-state index in [0.717, 1.165) is 5.56 Å². The van der Waals surface area contributed by atoms with Crippen LogP contribution in [-0.2, 0) is 6.54 Å². The number of nitrogens with zero attached hydrogens (tertiary/aromatic N) is 1. The first-order valence-corrected chi connectivity index (χ1v) is 6.70. The fourth-order valence-corrected chi connectivity index (χ4v) is 2.30. The van der Waals surface area contributed by atoms with E-state index in [1.165, 1.54) is 0 Å². The van der Waals surface area contributed by atoms with Crippen LogP contribution in [0.5, 0.6) is 0 Å². The third kappa shape index (κ3) is 3.03. The second-order valence-corrected chi connectivity index (χ2v) is 5.51. The fraction of sp³-hybridized carbons (Fsp3) is 0.0833. The average molecular weight is 380 g/mol. The van der Waals surface area contributed by atoms with Crippen molar-refractivity contribution in [2.24, 2.45) is 0 Å². The Bertz CT molecular complexity index is 610. The highest BCUT2D eigenvalue weighted by molar-refractivity contribution is 14.1. The Morgan fingerprint density at radius 2 is 1.94 bits per heavy atom. The minimum absolute atomic E-state index is 0.000766. The molecule has 0 unspecified atom stereocenters. The summed E-state index contributed by atoms with van der Waals surface area (Å²) in [6, 6.07) is 9.00. The molecule has 0 spiro atoms. The molecule has 5 heteroatoms. The smallest absolute Gasteiger partial charge is 0.264 e. The zero-order valence-corrected chi connectivity index (χ0v) is 12.3. The number of hydrogen-bond acceptors (Lipinski definition) is 1. The van der Waals surface area contributed by atoms with Gasteiger partial charge in [0.05, 0.1) is 20.2 Å². The molecular formula is C12H8Cl2INO. The highest BCUT2D eigenvalue weighted by atomic mass is 127. The molecule has 0 saturated carbocycles. The second kappa shape index (κ2) is 5.42. The molecule has 1 aromatic carbocycles. The molecule has 1 aromatic heterocycles. The van der Waals surface area contributed by atoms with Crippen LogP contribution >= 0.6 is 45.8 Å². The summed E-state index contributed by atoms with van der Waals surface area (Å²) >= 11 is 13.8. The van der Waals surface area contributed by atoms with Crippen LogP contribution in [0.25, 0.3) is 0 Å². The third-order valence-electron chi connectivity index (χ3n) is 2.31. The number of rotatable bonds is 2. The van der Waals surface area contributed by atoms with Gasteiger partial charge in [0.25, 0.3) is 5.56 Å². The molecule has 0 radical (unpaired) electrons. The maximum Gasteiger partial charge on any atom is 0.264 e. The Balaban J connectivity index is 2.35. The van der Waals surface area contributed by atoms with E-state index in [4.69, 9.17) is 23.2 Å².